The number of hydrogen-bond acceptors (Lipinski definition) is 6. The number of H-pyrrole nitrogens is 1. The number of aromatic nitrogens is 2. The number of aromatic amines is 1. The van der Waals surface area contributed by atoms with Crippen molar-refractivity contribution < 1.29 is 21.1 Å². The summed E-state index contributed by atoms with van der Waals surface area (Å²) in [6, 6.07) is 1.22. The van der Waals surface area contributed by atoms with Crippen molar-refractivity contribution in [3.8, 4) is 0 Å². The first kappa shape index (κ1) is 12.3. The van der Waals surface area contributed by atoms with E-state index in [1.165, 1.54) is 23.9 Å². The summed E-state index contributed by atoms with van der Waals surface area (Å²) in [6.07, 6.45) is -0.341. The maximum atomic E-state index is 11.8. The first-order valence-corrected chi connectivity index (χ1v) is 6.05. The van der Waals surface area contributed by atoms with E-state index in [0.29, 0.717) is 6.42 Å². The molecule has 112 valence electrons. The zero-order valence-corrected chi connectivity index (χ0v) is 10.9. The van der Waals surface area contributed by atoms with E-state index in [2.05, 4.69) is 10.1 Å². The number of ether oxygens (including phenoxy) is 2. The molecular weight excluding hydrogens is 268 g/mol. The Morgan fingerprint density at radius 3 is 3.05 bits per heavy atom. The van der Waals surface area contributed by atoms with Gasteiger partial charge in [0.1, 0.15) is 11.7 Å². The van der Waals surface area contributed by atoms with Crippen LogP contribution >= 0.6 is 0 Å². The van der Waals surface area contributed by atoms with Gasteiger partial charge in [-0.05, 0) is 6.90 Å². The van der Waals surface area contributed by atoms with Gasteiger partial charge in [0.2, 0.25) is 1.43 Å². The number of aliphatic hydroxyl groups excluding tert-OH is 2. The second kappa shape index (κ2) is 5.49. The molecule has 0 aromatic carbocycles. The summed E-state index contributed by atoms with van der Waals surface area (Å²) in [5.74, 6) is 0. The number of aliphatic hydroxyl groups is 2. The van der Waals surface area contributed by atoms with Gasteiger partial charge in [-0.15, -0.1) is 0 Å². The monoisotopic (exact) mass is 289 g/mol. The SMILES string of the molecule is [2H]C[C@]12CO[C@H](C[C@@H]1O)[C@H](n1ccc(=O)[nH]c1=O)O2.[3H]OC. The van der Waals surface area contributed by atoms with Crippen LogP contribution in [0.4, 0.5) is 0 Å². The van der Waals surface area contributed by atoms with Gasteiger partial charge < -0.3 is 19.7 Å². The number of hydrogen-bond donors (Lipinski definition) is 3. The summed E-state index contributed by atoms with van der Waals surface area (Å²) in [5, 5.41) is 13.5. The maximum absolute atomic E-state index is 11.8. The molecule has 1 aromatic heterocycles. The van der Waals surface area contributed by atoms with Gasteiger partial charge in [-0.2, -0.15) is 0 Å². The van der Waals surface area contributed by atoms with E-state index in [1.54, 1.807) is 0 Å². The molecule has 0 saturated carbocycles. The van der Waals surface area contributed by atoms with Gasteiger partial charge in [-0.1, -0.05) is 0 Å². The van der Waals surface area contributed by atoms with E-state index < -0.39 is 35.3 Å². The minimum atomic E-state index is -1.10. The summed E-state index contributed by atoms with van der Waals surface area (Å²) in [4.78, 5) is 24.9. The predicted octanol–water partition coefficient (Wildman–Crippen LogP) is -1.42. The van der Waals surface area contributed by atoms with Crippen LogP contribution < -0.4 is 11.2 Å². The molecule has 8 heteroatoms. The fourth-order valence-corrected chi connectivity index (χ4v) is 2.34. The van der Waals surface area contributed by atoms with Crippen LogP contribution in [0, 0.1) is 0 Å². The highest BCUT2D eigenvalue weighted by Gasteiger charge is 2.52. The van der Waals surface area contributed by atoms with Crippen molar-refractivity contribution in [1.29, 1.82) is 1.43 Å². The maximum Gasteiger partial charge on any atom is 0.330 e. The Morgan fingerprint density at radius 2 is 2.45 bits per heavy atom. The normalized spacial score (nSPS) is 36.6. The Balaban J connectivity index is 0.000000545. The molecule has 4 heterocycles. The fraction of sp³-hybridized carbons (Fsp3) is 0.667. The number of fused-ring (bicyclic) bond motifs is 3. The molecule has 8 nitrogen and oxygen atoms in total. The zero-order valence-electron chi connectivity index (χ0n) is 12.9. The first-order chi connectivity index (χ1) is 10.5. The van der Waals surface area contributed by atoms with Crippen LogP contribution in [0.5, 0.6) is 0 Å². The van der Waals surface area contributed by atoms with Crippen LogP contribution in [-0.2, 0) is 9.47 Å². The highest BCUT2D eigenvalue weighted by atomic mass is 16.6. The minimum Gasteiger partial charge on any atom is -0.400 e. The van der Waals surface area contributed by atoms with E-state index in [1.807, 2.05) is 0 Å². The fourth-order valence-electron chi connectivity index (χ4n) is 2.34. The molecule has 0 amide bonds. The Bertz CT molecular complexity index is 620. The molecule has 0 spiro atoms. The molecule has 3 N–H and O–H groups in total. The Kier molecular flexibility index (Phi) is 3.37. The number of nitrogens with zero attached hydrogens (tertiary/aromatic N) is 1. The molecule has 3 aliphatic rings. The van der Waals surface area contributed by atoms with E-state index >= 15 is 0 Å². The summed E-state index contributed by atoms with van der Waals surface area (Å²) < 4.78 is 25.7. The molecule has 0 unspecified atom stereocenters. The smallest absolute Gasteiger partial charge is 0.330 e. The Morgan fingerprint density at radius 1 is 1.70 bits per heavy atom. The summed E-state index contributed by atoms with van der Waals surface area (Å²) in [7, 11) is 1.29. The van der Waals surface area contributed by atoms with Gasteiger partial charge in [0.05, 0.1) is 12.7 Å². The van der Waals surface area contributed by atoms with Crippen molar-refractivity contribution >= 4 is 0 Å². The van der Waals surface area contributed by atoms with E-state index in [9.17, 15) is 14.7 Å². The Hall–Kier alpha value is -1.48. The van der Waals surface area contributed by atoms with Crippen LogP contribution in [0.15, 0.2) is 21.9 Å². The molecule has 0 aliphatic carbocycles. The van der Waals surface area contributed by atoms with E-state index in [0.717, 1.165) is 0 Å². The van der Waals surface area contributed by atoms with Crippen LogP contribution in [0.25, 0.3) is 0 Å². The molecule has 20 heavy (non-hydrogen) atoms. The van der Waals surface area contributed by atoms with Crippen molar-refractivity contribution in [2.45, 2.75) is 37.4 Å². The standard InChI is InChI=1S/C11H14N2O5.CH4O/c1-11-5-17-6(4-7(11)14)9(18-11)13-3-2-8(15)12-10(13)16;1-2/h2-3,6-7,9,14H,4-5H2,1H3,(H,12,15,16);2H,1H3/t6-,7+,9-,11+;/m1./s1/i1D;2T. The van der Waals surface area contributed by atoms with Crippen LogP contribution in [0.3, 0.4) is 0 Å². The van der Waals surface area contributed by atoms with Gasteiger partial charge in [0.25, 0.3) is 5.56 Å². The highest BCUT2D eigenvalue weighted by molar-refractivity contribution is 4.99. The van der Waals surface area contributed by atoms with Crippen molar-refractivity contribution in [2.75, 3.05) is 13.7 Å². The number of nitrogens with one attached hydrogen (secondary N) is 1. The average molecular weight is 289 g/mol. The second-order valence-corrected chi connectivity index (χ2v) is 4.69. The largest absolute Gasteiger partial charge is 0.400 e. The lowest BCUT2D eigenvalue weighted by atomic mass is 9.87. The predicted molar refractivity (Wildman–Crippen MR) is 68.4 cm³/mol. The highest BCUT2D eigenvalue weighted by Crippen LogP contribution is 2.40. The summed E-state index contributed by atoms with van der Waals surface area (Å²) >= 11 is 0. The Labute approximate surface area is 117 Å². The molecule has 2 bridgehead atoms. The average Bonchev–Trinajstić information content (AvgIpc) is 2.49. The number of rotatable bonds is 1. The van der Waals surface area contributed by atoms with E-state index in [4.69, 9.17) is 12.3 Å². The van der Waals surface area contributed by atoms with Crippen LogP contribution in [-0.4, -0.2) is 52.7 Å². The van der Waals surface area contributed by atoms with Crippen molar-refractivity contribution in [2.24, 2.45) is 0 Å². The molecule has 1 aromatic rings. The van der Waals surface area contributed by atoms with Crippen LogP contribution in [0.1, 0.15) is 20.9 Å². The second-order valence-electron chi connectivity index (χ2n) is 4.69. The zero-order chi connectivity index (χ0) is 16.3. The van der Waals surface area contributed by atoms with Crippen molar-refractivity contribution in [3.05, 3.63) is 33.1 Å². The van der Waals surface area contributed by atoms with Gasteiger partial charge in [0.15, 0.2) is 6.23 Å². The molecule has 4 rings (SSSR count). The quantitative estimate of drug-likeness (QED) is 0.585. The van der Waals surface area contributed by atoms with Gasteiger partial charge in [0, 0.05) is 27.2 Å². The van der Waals surface area contributed by atoms with Gasteiger partial charge in [-0.25, -0.2) is 4.79 Å². The molecule has 3 saturated heterocycles. The summed E-state index contributed by atoms with van der Waals surface area (Å²) in [6.45, 7) is -0.0214. The lowest BCUT2D eigenvalue weighted by molar-refractivity contribution is -0.322. The van der Waals surface area contributed by atoms with Crippen molar-refractivity contribution in [1.82, 2.24) is 9.55 Å². The topological polar surface area (TPSA) is 114 Å². The van der Waals surface area contributed by atoms with Crippen molar-refractivity contribution in [3.63, 3.8) is 0 Å². The molecule has 4 atom stereocenters. The van der Waals surface area contributed by atoms with Gasteiger partial charge in [-0.3, -0.25) is 14.3 Å². The van der Waals surface area contributed by atoms with Crippen LogP contribution in [0.2, 0.25) is 0 Å². The first-order valence-electron chi connectivity index (χ1n) is 7.16. The minimum absolute atomic E-state index is 0.136. The van der Waals surface area contributed by atoms with Gasteiger partial charge >= 0.3 is 5.69 Å². The molecular formula is C12H18N2O6. The third-order valence-electron chi connectivity index (χ3n) is 3.40. The molecule has 0 radical (unpaired) electrons. The summed E-state index contributed by atoms with van der Waals surface area (Å²) in [5.41, 5.74) is -2.18. The van der Waals surface area contributed by atoms with E-state index in [-0.39, 0.29) is 13.5 Å². The third kappa shape index (κ3) is 2.42. The third-order valence-corrected chi connectivity index (χ3v) is 3.40. The molecule has 3 aliphatic heterocycles. The lowest BCUT2D eigenvalue weighted by Gasteiger charge is -2.51. The molecule has 3 fully saturated rings. The lowest BCUT2D eigenvalue weighted by Crippen LogP contribution is -2.62.